The van der Waals surface area contributed by atoms with Crippen LogP contribution in [0.4, 0.5) is 0 Å². The van der Waals surface area contributed by atoms with Gasteiger partial charge in [0.1, 0.15) is 6.04 Å². The lowest BCUT2D eigenvalue weighted by atomic mass is 10.1. The van der Waals surface area contributed by atoms with Crippen molar-refractivity contribution >= 4 is 35.0 Å². The fourth-order valence-electron chi connectivity index (χ4n) is 2.67. The number of nitrogens with one attached hydrogen (secondary N) is 2. The molecule has 146 valence electrons. The van der Waals surface area contributed by atoms with E-state index < -0.39 is 11.9 Å². The SMILES string of the molecule is Cc1cc(C)n(CC(C)CNC(=O)C(C)NC(=O)c2cccc(Cl)c2Cl)n1. The van der Waals surface area contributed by atoms with E-state index in [1.54, 1.807) is 25.1 Å². The number of aryl methyl sites for hydroxylation is 2. The van der Waals surface area contributed by atoms with Crippen LogP contribution in [0.3, 0.4) is 0 Å². The van der Waals surface area contributed by atoms with Gasteiger partial charge in [-0.2, -0.15) is 5.10 Å². The summed E-state index contributed by atoms with van der Waals surface area (Å²) in [6.45, 7) is 8.80. The lowest BCUT2D eigenvalue weighted by molar-refractivity contribution is -0.122. The number of hydrogen-bond acceptors (Lipinski definition) is 3. The Hall–Kier alpha value is -2.05. The lowest BCUT2D eigenvalue weighted by Gasteiger charge is -2.18. The first-order chi connectivity index (χ1) is 12.7. The highest BCUT2D eigenvalue weighted by atomic mass is 35.5. The number of nitrogens with zero attached hydrogens (tertiary/aromatic N) is 2. The van der Waals surface area contributed by atoms with Crippen molar-refractivity contribution in [2.24, 2.45) is 5.92 Å². The molecule has 2 N–H and O–H groups in total. The second-order valence-electron chi connectivity index (χ2n) is 6.76. The molecule has 2 atom stereocenters. The third kappa shape index (κ3) is 5.71. The van der Waals surface area contributed by atoms with E-state index in [9.17, 15) is 9.59 Å². The summed E-state index contributed by atoms with van der Waals surface area (Å²) in [5.74, 6) is -0.514. The van der Waals surface area contributed by atoms with Gasteiger partial charge in [-0.25, -0.2) is 0 Å². The van der Waals surface area contributed by atoms with Gasteiger partial charge in [0.2, 0.25) is 5.91 Å². The van der Waals surface area contributed by atoms with Crippen molar-refractivity contribution in [3.63, 3.8) is 0 Å². The van der Waals surface area contributed by atoms with E-state index in [4.69, 9.17) is 23.2 Å². The highest BCUT2D eigenvalue weighted by Crippen LogP contribution is 2.25. The molecule has 1 aromatic heterocycles. The number of carbonyl (C=O) groups excluding carboxylic acids is 2. The lowest BCUT2D eigenvalue weighted by Crippen LogP contribution is -2.46. The first-order valence-corrected chi connectivity index (χ1v) is 9.48. The summed E-state index contributed by atoms with van der Waals surface area (Å²) in [5, 5.41) is 10.4. The first-order valence-electron chi connectivity index (χ1n) is 8.72. The normalized spacial score (nSPS) is 13.1. The van der Waals surface area contributed by atoms with Gasteiger partial charge in [-0.3, -0.25) is 14.3 Å². The fourth-order valence-corrected chi connectivity index (χ4v) is 3.05. The maximum atomic E-state index is 12.3. The van der Waals surface area contributed by atoms with Crippen LogP contribution in [0.1, 0.15) is 35.6 Å². The molecule has 0 saturated carbocycles. The number of rotatable bonds is 7. The molecule has 1 heterocycles. The topological polar surface area (TPSA) is 76.0 Å². The van der Waals surface area contributed by atoms with Crippen molar-refractivity contribution in [1.29, 1.82) is 0 Å². The molecular formula is C19H24Cl2N4O2. The van der Waals surface area contributed by atoms with E-state index in [2.05, 4.69) is 15.7 Å². The van der Waals surface area contributed by atoms with Crippen LogP contribution in [0.15, 0.2) is 24.3 Å². The third-order valence-electron chi connectivity index (χ3n) is 4.15. The summed E-state index contributed by atoms with van der Waals surface area (Å²) in [6.07, 6.45) is 0. The zero-order valence-electron chi connectivity index (χ0n) is 15.8. The van der Waals surface area contributed by atoms with Crippen LogP contribution in [0.25, 0.3) is 0 Å². The number of amides is 2. The summed E-state index contributed by atoms with van der Waals surface area (Å²) in [5.41, 5.74) is 2.30. The largest absolute Gasteiger partial charge is 0.354 e. The van der Waals surface area contributed by atoms with Crippen LogP contribution in [0, 0.1) is 19.8 Å². The molecular weight excluding hydrogens is 387 g/mol. The number of halogens is 2. The van der Waals surface area contributed by atoms with Crippen LogP contribution in [-0.4, -0.2) is 34.2 Å². The van der Waals surface area contributed by atoms with Gasteiger partial charge in [0.25, 0.3) is 5.91 Å². The van der Waals surface area contributed by atoms with E-state index >= 15 is 0 Å². The summed E-state index contributed by atoms with van der Waals surface area (Å²) in [7, 11) is 0. The smallest absolute Gasteiger partial charge is 0.253 e. The molecule has 0 aliphatic heterocycles. The van der Waals surface area contributed by atoms with Crippen LogP contribution < -0.4 is 10.6 Å². The molecule has 27 heavy (non-hydrogen) atoms. The molecule has 0 radical (unpaired) electrons. The summed E-state index contributed by atoms with van der Waals surface area (Å²) in [6, 6.07) is 6.11. The Labute approximate surface area is 169 Å². The van der Waals surface area contributed by atoms with Crippen molar-refractivity contribution in [3.8, 4) is 0 Å². The van der Waals surface area contributed by atoms with Crippen molar-refractivity contribution < 1.29 is 9.59 Å². The van der Waals surface area contributed by atoms with E-state index in [0.29, 0.717) is 18.1 Å². The monoisotopic (exact) mass is 410 g/mol. The number of benzene rings is 1. The molecule has 6 nitrogen and oxygen atoms in total. The molecule has 2 rings (SSSR count). The Balaban J connectivity index is 1.85. The predicted octanol–water partition coefficient (Wildman–Crippen LogP) is 3.38. The van der Waals surface area contributed by atoms with Crippen molar-refractivity contribution in [2.75, 3.05) is 6.54 Å². The van der Waals surface area contributed by atoms with Crippen molar-refractivity contribution in [3.05, 3.63) is 51.3 Å². The van der Waals surface area contributed by atoms with Gasteiger partial charge in [0.05, 0.1) is 21.3 Å². The van der Waals surface area contributed by atoms with Gasteiger partial charge in [0, 0.05) is 18.8 Å². The average Bonchev–Trinajstić information content (AvgIpc) is 2.92. The Morgan fingerprint density at radius 1 is 1.22 bits per heavy atom. The number of aromatic nitrogens is 2. The molecule has 0 fully saturated rings. The van der Waals surface area contributed by atoms with Gasteiger partial charge in [0.15, 0.2) is 0 Å². The zero-order chi connectivity index (χ0) is 20.1. The molecule has 1 aromatic carbocycles. The second-order valence-corrected chi connectivity index (χ2v) is 7.54. The van der Waals surface area contributed by atoms with Crippen LogP contribution in [0.5, 0.6) is 0 Å². The minimum atomic E-state index is -0.701. The fraction of sp³-hybridized carbons (Fsp3) is 0.421. The third-order valence-corrected chi connectivity index (χ3v) is 4.97. The summed E-state index contributed by atoms with van der Waals surface area (Å²) >= 11 is 12.0. The minimum absolute atomic E-state index is 0.169. The van der Waals surface area contributed by atoms with Crippen LogP contribution in [0.2, 0.25) is 10.0 Å². The molecule has 0 bridgehead atoms. The zero-order valence-corrected chi connectivity index (χ0v) is 17.4. The van der Waals surface area contributed by atoms with Gasteiger partial charge < -0.3 is 10.6 Å². The van der Waals surface area contributed by atoms with Crippen LogP contribution in [-0.2, 0) is 11.3 Å². The summed E-state index contributed by atoms with van der Waals surface area (Å²) in [4.78, 5) is 24.6. The van der Waals surface area contributed by atoms with Gasteiger partial charge >= 0.3 is 0 Å². The molecule has 2 unspecified atom stereocenters. The van der Waals surface area contributed by atoms with Crippen molar-refractivity contribution in [1.82, 2.24) is 20.4 Å². The van der Waals surface area contributed by atoms with Crippen molar-refractivity contribution in [2.45, 2.75) is 40.3 Å². The molecule has 0 saturated heterocycles. The highest BCUT2D eigenvalue weighted by Gasteiger charge is 2.19. The number of hydrogen-bond donors (Lipinski definition) is 2. The first kappa shape index (κ1) is 21.3. The highest BCUT2D eigenvalue weighted by molar-refractivity contribution is 6.43. The molecule has 8 heteroatoms. The van der Waals surface area contributed by atoms with E-state index in [0.717, 1.165) is 11.4 Å². The van der Waals surface area contributed by atoms with Gasteiger partial charge in [-0.05, 0) is 44.9 Å². The Kier molecular flexibility index (Phi) is 7.27. The molecule has 2 aromatic rings. The Bertz CT molecular complexity index is 835. The average molecular weight is 411 g/mol. The molecule has 0 spiro atoms. The van der Waals surface area contributed by atoms with E-state index in [1.165, 1.54) is 0 Å². The molecule has 0 aliphatic rings. The Morgan fingerprint density at radius 2 is 1.93 bits per heavy atom. The Morgan fingerprint density at radius 3 is 2.56 bits per heavy atom. The quantitative estimate of drug-likeness (QED) is 0.734. The maximum absolute atomic E-state index is 12.3. The molecule has 0 aliphatic carbocycles. The second kappa shape index (κ2) is 9.24. The van der Waals surface area contributed by atoms with Gasteiger partial charge in [-0.15, -0.1) is 0 Å². The maximum Gasteiger partial charge on any atom is 0.253 e. The van der Waals surface area contributed by atoms with Crippen LogP contribution >= 0.6 is 23.2 Å². The standard InChI is InChI=1S/C19H24Cl2N4O2/c1-11(10-25-13(3)8-12(2)24-25)9-22-18(26)14(4)23-19(27)15-6-5-7-16(20)17(15)21/h5-8,11,14H,9-10H2,1-4H3,(H,22,26)(H,23,27). The minimum Gasteiger partial charge on any atom is -0.354 e. The predicted molar refractivity (Wildman–Crippen MR) is 107 cm³/mol. The number of carbonyl (C=O) groups is 2. The van der Waals surface area contributed by atoms with E-state index in [1.807, 2.05) is 31.5 Å². The summed E-state index contributed by atoms with van der Waals surface area (Å²) < 4.78 is 1.93. The molecule has 2 amide bonds. The van der Waals surface area contributed by atoms with E-state index in [-0.39, 0.29) is 22.4 Å². The van der Waals surface area contributed by atoms with Gasteiger partial charge in [-0.1, -0.05) is 36.2 Å².